The van der Waals surface area contributed by atoms with Gasteiger partial charge in [-0.1, -0.05) is 0 Å². The Kier molecular flexibility index (Phi) is 2.42. The van der Waals surface area contributed by atoms with Gasteiger partial charge in [-0.05, 0) is 19.3 Å². The van der Waals surface area contributed by atoms with Crippen molar-refractivity contribution >= 4 is 5.97 Å². The molecule has 4 nitrogen and oxygen atoms in total. The van der Waals surface area contributed by atoms with Crippen molar-refractivity contribution in [3.05, 3.63) is 0 Å². The molecule has 2 saturated heterocycles. The van der Waals surface area contributed by atoms with E-state index in [-0.39, 0.29) is 12.0 Å². The monoisotopic (exact) mass is 194 g/mol. The zero-order valence-corrected chi connectivity index (χ0v) is 8.02. The summed E-state index contributed by atoms with van der Waals surface area (Å²) in [6.45, 7) is 0.746. The molecule has 2 rings (SSSR count). The normalized spacial score (nSPS) is 35.8. The fourth-order valence-electron chi connectivity index (χ4n) is 2.89. The summed E-state index contributed by atoms with van der Waals surface area (Å²) in [6, 6.07) is 2.74. The summed E-state index contributed by atoms with van der Waals surface area (Å²) in [6.07, 6.45) is 3.40. The summed E-state index contributed by atoms with van der Waals surface area (Å²) < 4.78 is 0. The maximum Gasteiger partial charge on any atom is 0.308 e. The van der Waals surface area contributed by atoms with Crippen LogP contribution in [0.2, 0.25) is 0 Å². The predicted octanol–water partition coefficient (Wildman–Crippen LogP) is 0.838. The number of fused-ring (bicyclic) bond motifs is 2. The summed E-state index contributed by atoms with van der Waals surface area (Å²) >= 11 is 0. The molecular formula is C10H14N2O2. The second-order valence-corrected chi connectivity index (χ2v) is 4.12. The number of carboxylic acids is 1. The first-order chi connectivity index (χ1) is 6.74. The first-order valence-electron chi connectivity index (χ1n) is 5.09. The SMILES string of the molecule is N#CCCN1C2CCC1C(C(=O)O)C2. The van der Waals surface area contributed by atoms with Crippen LogP contribution in [0.25, 0.3) is 0 Å². The molecule has 14 heavy (non-hydrogen) atoms. The average molecular weight is 194 g/mol. The van der Waals surface area contributed by atoms with Gasteiger partial charge in [0.25, 0.3) is 0 Å². The van der Waals surface area contributed by atoms with Crippen LogP contribution < -0.4 is 0 Å². The highest BCUT2D eigenvalue weighted by molar-refractivity contribution is 5.71. The first-order valence-corrected chi connectivity index (χ1v) is 5.09. The van der Waals surface area contributed by atoms with Crippen LogP contribution in [0.5, 0.6) is 0 Å². The second-order valence-electron chi connectivity index (χ2n) is 4.12. The summed E-state index contributed by atoms with van der Waals surface area (Å²) in [5.74, 6) is -0.855. The van der Waals surface area contributed by atoms with Gasteiger partial charge in [-0.2, -0.15) is 5.26 Å². The maximum atomic E-state index is 10.9. The molecule has 2 fully saturated rings. The number of nitriles is 1. The molecule has 0 saturated carbocycles. The molecule has 2 aliphatic heterocycles. The topological polar surface area (TPSA) is 64.3 Å². The summed E-state index contributed by atoms with van der Waals surface area (Å²) in [4.78, 5) is 13.1. The minimum absolute atomic E-state index is 0.188. The van der Waals surface area contributed by atoms with Crippen molar-refractivity contribution in [1.82, 2.24) is 4.90 Å². The van der Waals surface area contributed by atoms with Gasteiger partial charge in [0.15, 0.2) is 0 Å². The number of carbonyl (C=O) groups is 1. The smallest absolute Gasteiger partial charge is 0.308 e. The molecule has 0 amide bonds. The van der Waals surface area contributed by atoms with Crippen molar-refractivity contribution in [3.8, 4) is 6.07 Å². The van der Waals surface area contributed by atoms with Crippen molar-refractivity contribution in [3.63, 3.8) is 0 Å². The molecule has 0 aliphatic carbocycles. The number of hydrogen-bond acceptors (Lipinski definition) is 3. The Hall–Kier alpha value is -1.08. The molecule has 2 bridgehead atoms. The summed E-state index contributed by atoms with van der Waals surface area (Å²) in [7, 11) is 0. The van der Waals surface area contributed by atoms with E-state index in [2.05, 4.69) is 11.0 Å². The Morgan fingerprint density at radius 2 is 2.36 bits per heavy atom. The lowest BCUT2D eigenvalue weighted by Crippen LogP contribution is -2.33. The predicted molar refractivity (Wildman–Crippen MR) is 49.5 cm³/mol. The lowest BCUT2D eigenvalue weighted by molar-refractivity contribution is -0.142. The van der Waals surface area contributed by atoms with Crippen LogP contribution in [0.3, 0.4) is 0 Å². The Bertz CT molecular complexity index is 284. The van der Waals surface area contributed by atoms with Gasteiger partial charge in [0.1, 0.15) is 0 Å². The molecule has 0 radical (unpaired) electrons. The van der Waals surface area contributed by atoms with Crippen molar-refractivity contribution in [1.29, 1.82) is 5.26 Å². The number of nitrogens with zero attached hydrogens (tertiary/aromatic N) is 2. The van der Waals surface area contributed by atoms with Gasteiger partial charge in [-0.15, -0.1) is 0 Å². The van der Waals surface area contributed by atoms with Crippen LogP contribution >= 0.6 is 0 Å². The zero-order valence-electron chi connectivity index (χ0n) is 8.02. The van der Waals surface area contributed by atoms with Crippen molar-refractivity contribution in [2.45, 2.75) is 37.8 Å². The quantitative estimate of drug-likeness (QED) is 0.723. The molecule has 3 atom stereocenters. The highest BCUT2D eigenvalue weighted by Gasteiger charge is 2.48. The first kappa shape index (κ1) is 9.47. The summed E-state index contributed by atoms with van der Waals surface area (Å²) in [5.41, 5.74) is 0. The zero-order chi connectivity index (χ0) is 10.1. The third kappa shape index (κ3) is 1.38. The number of rotatable bonds is 3. The largest absolute Gasteiger partial charge is 0.481 e. The van der Waals surface area contributed by atoms with Gasteiger partial charge < -0.3 is 5.11 Å². The summed E-state index contributed by atoms with van der Waals surface area (Å²) in [5, 5.41) is 17.5. The van der Waals surface area contributed by atoms with E-state index in [4.69, 9.17) is 10.4 Å². The Balaban J connectivity index is 2.01. The van der Waals surface area contributed by atoms with E-state index >= 15 is 0 Å². The third-order valence-corrected chi connectivity index (χ3v) is 3.48. The molecule has 2 heterocycles. The van der Waals surface area contributed by atoms with E-state index in [0.29, 0.717) is 12.5 Å². The van der Waals surface area contributed by atoms with E-state index < -0.39 is 5.97 Å². The van der Waals surface area contributed by atoms with E-state index in [9.17, 15) is 4.79 Å². The Morgan fingerprint density at radius 1 is 1.57 bits per heavy atom. The van der Waals surface area contributed by atoms with Crippen LogP contribution in [-0.2, 0) is 4.79 Å². The molecule has 4 heteroatoms. The average Bonchev–Trinajstić information content (AvgIpc) is 2.71. The van der Waals surface area contributed by atoms with Crippen molar-refractivity contribution < 1.29 is 9.90 Å². The maximum absolute atomic E-state index is 10.9. The van der Waals surface area contributed by atoms with Gasteiger partial charge in [-0.3, -0.25) is 9.69 Å². The van der Waals surface area contributed by atoms with Gasteiger partial charge >= 0.3 is 5.97 Å². The third-order valence-electron chi connectivity index (χ3n) is 3.48. The molecule has 0 aromatic carbocycles. The van der Waals surface area contributed by atoms with Crippen LogP contribution in [0.1, 0.15) is 25.7 Å². The fourth-order valence-corrected chi connectivity index (χ4v) is 2.89. The number of carboxylic acid groups (broad SMARTS) is 1. The van der Waals surface area contributed by atoms with Gasteiger partial charge in [0.2, 0.25) is 0 Å². The van der Waals surface area contributed by atoms with Crippen molar-refractivity contribution in [2.24, 2.45) is 5.92 Å². The Labute approximate surface area is 83.1 Å². The van der Waals surface area contributed by atoms with Gasteiger partial charge in [-0.25, -0.2) is 0 Å². The molecule has 1 N–H and O–H groups in total. The molecule has 0 spiro atoms. The second kappa shape index (κ2) is 3.58. The fraction of sp³-hybridized carbons (Fsp3) is 0.800. The van der Waals surface area contributed by atoms with E-state index in [1.165, 1.54) is 0 Å². The van der Waals surface area contributed by atoms with E-state index in [1.54, 1.807) is 0 Å². The molecule has 76 valence electrons. The standard InChI is InChI=1S/C10H14N2O2/c11-4-1-5-12-7-2-3-9(12)8(6-7)10(13)14/h7-9H,1-3,5-6H2,(H,13,14). The van der Waals surface area contributed by atoms with Crippen LogP contribution in [-0.4, -0.2) is 34.6 Å². The van der Waals surface area contributed by atoms with Gasteiger partial charge in [0.05, 0.1) is 12.0 Å². The number of aliphatic carboxylic acids is 1. The highest BCUT2D eigenvalue weighted by atomic mass is 16.4. The highest BCUT2D eigenvalue weighted by Crippen LogP contribution is 2.41. The molecule has 0 aromatic rings. The molecule has 3 unspecified atom stereocenters. The molecule has 0 aromatic heterocycles. The van der Waals surface area contributed by atoms with E-state index in [1.807, 2.05) is 0 Å². The minimum Gasteiger partial charge on any atom is -0.481 e. The van der Waals surface area contributed by atoms with Gasteiger partial charge in [0, 0.05) is 25.0 Å². The van der Waals surface area contributed by atoms with Crippen LogP contribution in [0.15, 0.2) is 0 Å². The van der Waals surface area contributed by atoms with Crippen LogP contribution in [0.4, 0.5) is 0 Å². The molecular weight excluding hydrogens is 180 g/mol. The van der Waals surface area contributed by atoms with Crippen LogP contribution in [0, 0.1) is 17.2 Å². The lowest BCUT2D eigenvalue weighted by atomic mass is 9.89. The Morgan fingerprint density at radius 3 is 2.93 bits per heavy atom. The lowest BCUT2D eigenvalue weighted by Gasteiger charge is -2.20. The van der Waals surface area contributed by atoms with Crippen molar-refractivity contribution in [2.75, 3.05) is 6.54 Å². The van der Waals surface area contributed by atoms with E-state index in [0.717, 1.165) is 25.8 Å². The minimum atomic E-state index is -0.667. The number of hydrogen-bond donors (Lipinski definition) is 1. The molecule has 2 aliphatic rings.